The smallest absolute Gasteiger partial charge is 0.241 e. The van der Waals surface area contributed by atoms with Gasteiger partial charge in [-0.25, -0.2) is 13.1 Å². The number of rotatable bonds is 8. The van der Waals surface area contributed by atoms with Gasteiger partial charge >= 0.3 is 0 Å². The molecule has 0 aliphatic carbocycles. The van der Waals surface area contributed by atoms with Gasteiger partial charge in [0.15, 0.2) is 0 Å². The first-order chi connectivity index (χ1) is 8.93. The van der Waals surface area contributed by atoms with Crippen molar-refractivity contribution in [1.82, 2.24) is 4.72 Å². The standard InChI is InChI=1S/C13H20BrNO3S/c1-11(2)7-9-18-10-8-15-19(16,17)13-6-4-3-5-12(13)14/h3-6,11,15H,7-10H2,1-2H3. The molecule has 0 bridgehead atoms. The third-order valence-electron chi connectivity index (χ3n) is 2.50. The Morgan fingerprint density at radius 3 is 2.58 bits per heavy atom. The van der Waals surface area contributed by atoms with Crippen LogP contribution in [0.5, 0.6) is 0 Å². The molecule has 0 radical (unpaired) electrons. The Balaban J connectivity index is 2.38. The van der Waals surface area contributed by atoms with E-state index < -0.39 is 10.0 Å². The molecule has 0 aliphatic rings. The molecule has 0 fully saturated rings. The summed E-state index contributed by atoms with van der Waals surface area (Å²) in [4.78, 5) is 0.247. The van der Waals surface area contributed by atoms with E-state index in [-0.39, 0.29) is 11.4 Å². The summed E-state index contributed by atoms with van der Waals surface area (Å²) in [6, 6.07) is 6.73. The fraction of sp³-hybridized carbons (Fsp3) is 0.538. The third-order valence-corrected chi connectivity index (χ3v) is 4.98. The third kappa shape index (κ3) is 6.03. The van der Waals surface area contributed by atoms with Crippen LogP contribution in [-0.2, 0) is 14.8 Å². The van der Waals surface area contributed by atoms with E-state index in [0.717, 1.165) is 6.42 Å². The van der Waals surface area contributed by atoms with Crippen LogP contribution in [0.1, 0.15) is 20.3 Å². The molecular weight excluding hydrogens is 330 g/mol. The van der Waals surface area contributed by atoms with E-state index in [1.807, 2.05) is 0 Å². The summed E-state index contributed by atoms with van der Waals surface area (Å²) in [6.07, 6.45) is 0.983. The molecule has 1 rings (SSSR count). The zero-order chi connectivity index (χ0) is 14.3. The molecule has 1 N–H and O–H groups in total. The van der Waals surface area contributed by atoms with E-state index in [1.165, 1.54) is 0 Å². The predicted octanol–water partition coefficient (Wildman–Crippen LogP) is 2.79. The van der Waals surface area contributed by atoms with Gasteiger partial charge in [-0.1, -0.05) is 26.0 Å². The molecule has 1 aromatic rings. The first-order valence-corrected chi connectivity index (χ1v) is 8.53. The number of sulfonamides is 1. The zero-order valence-corrected chi connectivity index (χ0v) is 13.6. The van der Waals surface area contributed by atoms with Crippen LogP contribution in [0.25, 0.3) is 0 Å². The summed E-state index contributed by atoms with van der Waals surface area (Å²) in [5.41, 5.74) is 0. The maximum absolute atomic E-state index is 12.0. The van der Waals surface area contributed by atoms with Crippen molar-refractivity contribution < 1.29 is 13.2 Å². The van der Waals surface area contributed by atoms with Gasteiger partial charge in [0, 0.05) is 17.6 Å². The highest BCUT2D eigenvalue weighted by molar-refractivity contribution is 9.10. The maximum Gasteiger partial charge on any atom is 0.241 e. The van der Waals surface area contributed by atoms with E-state index in [0.29, 0.717) is 23.6 Å². The summed E-state index contributed by atoms with van der Waals surface area (Å²) < 4.78 is 32.4. The first kappa shape index (κ1) is 16.6. The molecule has 0 saturated heterocycles. The highest BCUT2D eigenvalue weighted by Crippen LogP contribution is 2.20. The highest BCUT2D eigenvalue weighted by Gasteiger charge is 2.15. The lowest BCUT2D eigenvalue weighted by Crippen LogP contribution is -2.27. The van der Waals surface area contributed by atoms with Gasteiger partial charge in [0.2, 0.25) is 10.0 Å². The fourth-order valence-electron chi connectivity index (χ4n) is 1.41. The van der Waals surface area contributed by atoms with Crippen molar-refractivity contribution >= 4 is 26.0 Å². The minimum Gasteiger partial charge on any atom is -0.380 e. The number of nitrogens with one attached hydrogen (secondary N) is 1. The molecule has 0 atom stereocenters. The van der Waals surface area contributed by atoms with Crippen LogP contribution in [0.3, 0.4) is 0 Å². The monoisotopic (exact) mass is 349 g/mol. The Bertz CT molecular complexity index is 488. The first-order valence-electron chi connectivity index (χ1n) is 6.25. The Kier molecular flexibility index (Phi) is 6.99. The van der Waals surface area contributed by atoms with Crippen LogP contribution >= 0.6 is 15.9 Å². The average molecular weight is 350 g/mol. The molecule has 0 aliphatic heterocycles. The molecule has 0 amide bonds. The average Bonchev–Trinajstić information content (AvgIpc) is 2.33. The van der Waals surface area contributed by atoms with Crippen LogP contribution in [0, 0.1) is 5.92 Å². The Morgan fingerprint density at radius 2 is 1.95 bits per heavy atom. The topological polar surface area (TPSA) is 55.4 Å². The molecule has 1 aromatic carbocycles. The molecule has 0 saturated carbocycles. The minimum absolute atomic E-state index is 0.247. The molecule has 0 unspecified atom stereocenters. The molecule has 0 heterocycles. The van der Waals surface area contributed by atoms with Crippen LogP contribution < -0.4 is 4.72 Å². The van der Waals surface area contributed by atoms with E-state index in [1.54, 1.807) is 24.3 Å². The Labute approximate surface area is 123 Å². The van der Waals surface area contributed by atoms with Gasteiger partial charge in [0.25, 0.3) is 0 Å². The molecular formula is C13H20BrNO3S. The number of hydrogen-bond donors (Lipinski definition) is 1. The second kappa shape index (κ2) is 7.99. The fourth-order valence-corrected chi connectivity index (χ4v) is 3.42. The Morgan fingerprint density at radius 1 is 1.26 bits per heavy atom. The summed E-state index contributed by atoms with van der Waals surface area (Å²) in [5.74, 6) is 0.594. The van der Waals surface area contributed by atoms with Crippen molar-refractivity contribution in [3.05, 3.63) is 28.7 Å². The summed E-state index contributed by atoms with van der Waals surface area (Å²) in [7, 11) is -3.47. The van der Waals surface area contributed by atoms with Crippen molar-refractivity contribution in [2.75, 3.05) is 19.8 Å². The van der Waals surface area contributed by atoms with Crippen LogP contribution in [0.2, 0.25) is 0 Å². The van der Waals surface area contributed by atoms with Gasteiger partial charge < -0.3 is 4.74 Å². The molecule has 108 valence electrons. The summed E-state index contributed by atoms with van der Waals surface area (Å²) in [5, 5.41) is 0. The molecule has 0 spiro atoms. The SMILES string of the molecule is CC(C)CCOCCNS(=O)(=O)c1ccccc1Br. The second-order valence-electron chi connectivity index (χ2n) is 4.62. The van der Waals surface area contributed by atoms with Crippen molar-refractivity contribution in [3.63, 3.8) is 0 Å². The predicted molar refractivity (Wildman–Crippen MR) is 79.6 cm³/mol. The normalized spacial score (nSPS) is 12.0. The minimum atomic E-state index is -3.47. The van der Waals surface area contributed by atoms with Crippen molar-refractivity contribution in [3.8, 4) is 0 Å². The lowest BCUT2D eigenvalue weighted by atomic mass is 10.1. The number of ether oxygens (including phenoxy) is 1. The van der Waals surface area contributed by atoms with Gasteiger partial charge in [-0.15, -0.1) is 0 Å². The van der Waals surface area contributed by atoms with Crippen molar-refractivity contribution in [2.45, 2.75) is 25.2 Å². The zero-order valence-electron chi connectivity index (χ0n) is 11.2. The van der Waals surface area contributed by atoms with Crippen molar-refractivity contribution in [1.29, 1.82) is 0 Å². The van der Waals surface area contributed by atoms with Gasteiger partial charge in [-0.3, -0.25) is 0 Å². The van der Waals surface area contributed by atoms with Crippen LogP contribution in [0.4, 0.5) is 0 Å². The second-order valence-corrected chi connectivity index (χ2v) is 7.21. The summed E-state index contributed by atoms with van der Waals surface area (Å²) >= 11 is 3.23. The maximum atomic E-state index is 12.0. The van der Waals surface area contributed by atoms with E-state index >= 15 is 0 Å². The number of hydrogen-bond acceptors (Lipinski definition) is 3. The molecule has 0 aromatic heterocycles. The molecule has 19 heavy (non-hydrogen) atoms. The van der Waals surface area contributed by atoms with E-state index in [4.69, 9.17) is 4.74 Å². The lowest BCUT2D eigenvalue weighted by molar-refractivity contribution is 0.128. The van der Waals surface area contributed by atoms with Gasteiger partial charge in [0.1, 0.15) is 0 Å². The van der Waals surface area contributed by atoms with E-state index in [9.17, 15) is 8.42 Å². The van der Waals surface area contributed by atoms with Crippen LogP contribution in [0.15, 0.2) is 33.6 Å². The van der Waals surface area contributed by atoms with Crippen molar-refractivity contribution in [2.24, 2.45) is 5.92 Å². The van der Waals surface area contributed by atoms with Gasteiger partial charge in [0.05, 0.1) is 11.5 Å². The molecule has 6 heteroatoms. The van der Waals surface area contributed by atoms with E-state index in [2.05, 4.69) is 34.5 Å². The number of benzene rings is 1. The largest absolute Gasteiger partial charge is 0.380 e. The van der Waals surface area contributed by atoms with Gasteiger partial charge in [-0.05, 0) is 40.4 Å². The highest BCUT2D eigenvalue weighted by atomic mass is 79.9. The quantitative estimate of drug-likeness (QED) is 0.734. The van der Waals surface area contributed by atoms with Crippen LogP contribution in [-0.4, -0.2) is 28.2 Å². The lowest BCUT2D eigenvalue weighted by Gasteiger charge is -2.09. The number of halogens is 1. The van der Waals surface area contributed by atoms with Gasteiger partial charge in [-0.2, -0.15) is 0 Å². The summed E-state index contributed by atoms with van der Waals surface area (Å²) in [6.45, 7) is 5.57. The Hall–Kier alpha value is -0.430. The molecule has 4 nitrogen and oxygen atoms in total.